The van der Waals surface area contributed by atoms with E-state index in [-0.39, 0.29) is 0 Å². The standard InChI is InChI=1S/C13H25/c1-10(2)8-12(5)9-13(6,7)11(3)4/h8-9,11-12H,1-7H3. The summed E-state index contributed by atoms with van der Waals surface area (Å²) in [4.78, 5) is 0. The first kappa shape index (κ1) is 12.7. The van der Waals surface area contributed by atoms with Crippen LogP contribution in [-0.4, -0.2) is 0 Å². The molecule has 0 fully saturated rings. The molecule has 0 saturated carbocycles. The van der Waals surface area contributed by atoms with Crippen LogP contribution in [0.5, 0.6) is 0 Å². The van der Waals surface area contributed by atoms with Crippen molar-refractivity contribution in [3.05, 3.63) is 18.1 Å². The van der Waals surface area contributed by atoms with E-state index in [2.05, 4.69) is 61.0 Å². The predicted octanol–water partition coefficient (Wildman–Crippen LogP) is 4.48. The fraction of sp³-hybridized carbons (Fsp3) is 0.769. The van der Waals surface area contributed by atoms with E-state index >= 15 is 0 Å². The van der Waals surface area contributed by atoms with Crippen molar-refractivity contribution in [1.82, 2.24) is 0 Å². The van der Waals surface area contributed by atoms with Crippen molar-refractivity contribution in [3.8, 4) is 0 Å². The Bertz CT molecular complexity index is 168. The normalized spacial score (nSPS) is 14.5. The van der Waals surface area contributed by atoms with Gasteiger partial charge in [-0.05, 0) is 37.5 Å². The van der Waals surface area contributed by atoms with Gasteiger partial charge in [-0.25, -0.2) is 0 Å². The molecule has 0 heterocycles. The Morgan fingerprint density at radius 1 is 1.08 bits per heavy atom. The van der Waals surface area contributed by atoms with Gasteiger partial charge in [0.05, 0.1) is 0 Å². The molecule has 0 aliphatic rings. The highest BCUT2D eigenvalue weighted by molar-refractivity contribution is 5.04. The van der Waals surface area contributed by atoms with E-state index in [1.54, 1.807) is 0 Å². The van der Waals surface area contributed by atoms with Crippen LogP contribution in [0.2, 0.25) is 0 Å². The molecular formula is C13H25. The molecule has 0 aromatic carbocycles. The highest BCUT2D eigenvalue weighted by atomic mass is 14.3. The first-order valence-corrected chi connectivity index (χ1v) is 5.26. The maximum Gasteiger partial charge on any atom is -0.0223 e. The van der Waals surface area contributed by atoms with Crippen molar-refractivity contribution in [3.63, 3.8) is 0 Å². The van der Waals surface area contributed by atoms with Crippen LogP contribution in [0.1, 0.15) is 48.5 Å². The van der Waals surface area contributed by atoms with Crippen LogP contribution in [0.4, 0.5) is 0 Å². The summed E-state index contributed by atoms with van der Waals surface area (Å²) >= 11 is 0. The molecule has 0 nitrogen and oxygen atoms in total. The summed E-state index contributed by atoms with van der Waals surface area (Å²) in [5, 5.41) is 0. The Kier molecular flexibility index (Phi) is 4.74. The van der Waals surface area contributed by atoms with Crippen LogP contribution < -0.4 is 0 Å². The smallest absolute Gasteiger partial charge is 0.0223 e. The lowest BCUT2D eigenvalue weighted by atomic mass is 9.74. The molecule has 0 aliphatic heterocycles. The summed E-state index contributed by atoms with van der Waals surface area (Å²) < 4.78 is 0. The monoisotopic (exact) mass is 181 g/mol. The summed E-state index contributed by atoms with van der Waals surface area (Å²) in [5.74, 6) is 1.29. The second kappa shape index (κ2) is 4.83. The van der Waals surface area contributed by atoms with E-state index in [0.717, 1.165) is 0 Å². The zero-order valence-corrected chi connectivity index (χ0v) is 10.3. The van der Waals surface area contributed by atoms with Gasteiger partial charge in [-0.15, -0.1) is 0 Å². The quantitative estimate of drug-likeness (QED) is 0.561. The van der Waals surface area contributed by atoms with E-state index in [9.17, 15) is 0 Å². The summed E-state index contributed by atoms with van der Waals surface area (Å²) in [5.41, 5.74) is 1.74. The van der Waals surface area contributed by atoms with Crippen LogP contribution in [0, 0.1) is 23.7 Å². The van der Waals surface area contributed by atoms with Crippen LogP contribution in [0.25, 0.3) is 0 Å². The molecule has 0 heteroatoms. The van der Waals surface area contributed by atoms with Crippen molar-refractivity contribution in [1.29, 1.82) is 0 Å². The molecule has 0 bridgehead atoms. The molecular weight excluding hydrogens is 156 g/mol. The van der Waals surface area contributed by atoms with Crippen LogP contribution in [-0.2, 0) is 0 Å². The van der Waals surface area contributed by atoms with Crippen LogP contribution in [0.3, 0.4) is 0 Å². The Hall–Kier alpha value is -0.260. The largest absolute Gasteiger partial charge is 0.0827 e. The Morgan fingerprint density at radius 2 is 1.54 bits per heavy atom. The first-order valence-electron chi connectivity index (χ1n) is 5.26. The average molecular weight is 181 g/mol. The lowest BCUT2D eigenvalue weighted by Crippen LogP contribution is -2.22. The highest BCUT2D eigenvalue weighted by Gasteiger charge is 2.24. The van der Waals surface area contributed by atoms with Gasteiger partial charge in [-0.3, -0.25) is 0 Å². The molecule has 1 radical (unpaired) electrons. The van der Waals surface area contributed by atoms with Crippen molar-refractivity contribution < 1.29 is 0 Å². The minimum atomic E-state index is 0.339. The molecule has 0 saturated heterocycles. The molecule has 1 atom stereocenters. The molecule has 1 unspecified atom stereocenters. The number of allylic oxidation sites excluding steroid dienone is 2. The van der Waals surface area contributed by atoms with E-state index < -0.39 is 0 Å². The lowest BCUT2D eigenvalue weighted by molar-refractivity contribution is 0.284. The second-order valence-corrected chi connectivity index (χ2v) is 5.25. The molecule has 0 spiro atoms. The minimum Gasteiger partial charge on any atom is -0.0827 e. The van der Waals surface area contributed by atoms with Gasteiger partial charge in [-0.1, -0.05) is 46.3 Å². The summed E-state index contributed by atoms with van der Waals surface area (Å²) in [6.07, 6.45) is 4.77. The third-order valence-electron chi connectivity index (χ3n) is 2.78. The highest BCUT2D eigenvalue weighted by Crippen LogP contribution is 2.32. The van der Waals surface area contributed by atoms with E-state index in [1.165, 1.54) is 5.57 Å². The number of rotatable bonds is 4. The van der Waals surface area contributed by atoms with Gasteiger partial charge in [0.25, 0.3) is 0 Å². The fourth-order valence-electron chi connectivity index (χ4n) is 1.44. The molecule has 0 rings (SSSR count). The van der Waals surface area contributed by atoms with Gasteiger partial charge in [0.15, 0.2) is 0 Å². The third-order valence-corrected chi connectivity index (χ3v) is 2.78. The zero-order valence-electron chi connectivity index (χ0n) is 10.3. The summed E-state index contributed by atoms with van der Waals surface area (Å²) in [6.45, 7) is 15.8. The fourth-order valence-corrected chi connectivity index (χ4v) is 1.44. The second-order valence-electron chi connectivity index (χ2n) is 5.25. The zero-order chi connectivity index (χ0) is 10.6. The Labute approximate surface area is 84.4 Å². The molecule has 0 aromatic heterocycles. The van der Waals surface area contributed by atoms with E-state index in [0.29, 0.717) is 17.3 Å². The van der Waals surface area contributed by atoms with Crippen molar-refractivity contribution in [2.45, 2.75) is 48.5 Å². The van der Waals surface area contributed by atoms with E-state index in [1.807, 2.05) is 0 Å². The van der Waals surface area contributed by atoms with Crippen LogP contribution >= 0.6 is 0 Å². The topological polar surface area (TPSA) is 0 Å². The van der Waals surface area contributed by atoms with Crippen molar-refractivity contribution >= 4 is 0 Å². The number of hydrogen-bond donors (Lipinski definition) is 0. The molecule has 0 N–H and O–H groups in total. The van der Waals surface area contributed by atoms with Gasteiger partial charge in [0.2, 0.25) is 0 Å². The molecule has 0 aliphatic carbocycles. The Morgan fingerprint density at radius 3 is 1.85 bits per heavy atom. The summed E-state index contributed by atoms with van der Waals surface area (Å²) in [6, 6.07) is 0. The van der Waals surface area contributed by atoms with Gasteiger partial charge in [0, 0.05) is 0 Å². The molecule has 13 heavy (non-hydrogen) atoms. The molecule has 0 aromatic rings. The molecule has 77 valence electrons. The maximum absolute atomic E-state index is 2.45. The van der Waals surface area contributed by atoms with Gasteiger partial charge >= 0.3 is 0 Å². The third kappa shape index (κ3) is 5.13. The van der Waals surface area contributed by atoms with Gasteiger partial charge in [-0.2, -0.15) is 0 Å². The first-order chi connectivity index (χ1) is 5.75. The van der Waals surface area contributed by atoms with Crippen LogP contribution in [0.15, 0.2) is 11.6 Å². The van der Waals surface area contributed by atoms with E-state index in [4.69, 9.17) is 0 Å². The lowest BCUT2D eigenvalue weighted by Gasteiger charge is -2.31. The van der Waals surface area contributed by atoms with Gasteiger partial charge < -0.3 is 0 Å². The predicted molar refractivity (Wildman–Crippen MR) is 61.5 cm³/mol. The van der Waals surface area contributed by atoms with Crippen molar-refractivity contribution in [2.24, 2.45) is 17.3 Å². The average Bonchev–Trinajstić information content (AvgIpc) is 1.82. The summed E-state index contributed by atoms with van der Waals surface area (Å²) in [7, 11) is 0. The SMILES string of the molecule is CC(C)=CC(C)[CH]C(C)(C)C(C)C. The maximum atomic E-state index is 2.45. The molecule has 0 amide bonds. The number of hydrogen-bond acceptors (Lipinski definition) is 0. The minimum absolute atomic E-state index is 0.339. The van der Waals surface area contributed by atoms with Gasteiger partial charge in [0.1, 0.15) is 0 Å². The Balaban J connectivity index is 4.20. The van der Waals surface area contributed by atoms with Crippen molar-refractivity contribution in [2.75, 3.05) is 0 Å².